The number of aromatic hydroxyl groups is 1. The number of anilines is 3. The molecular formula is C97H130N12O23. The quantitative estimate of drug-likeness (QED) is 0.0136. The lowest BCUT2D eigenvalue weighted by molar-refractivity contribution is -0.150. The molecule has 0 aromatic heterocycles. The number of benzene rings is 5. The van der Waals surface area contributed by atoms with Crippen molar-refractivity contribution in [3.63, 3.8) is 0 Å². The zero-order valence-corrected chi connectivity index (χ0v) is 76.1. The van der Waals surface area contributed by atoms with E-state index >= 15 is 0 Å². The molecule has 35 heteroatoms. The minimum atomic E-state index is -1.73. The van der Waals surface area contributed by atoms with E-state index in [1.165, 1.54) is 29.8 Å². The Morgan fingerprint density at radius 3 is 1.73 bits per heavy atom. The lowest BCUT2D eigenvalue weighted by atomic mass is 9.49. The van der Waals surface area contributed by atoms with E-state index in [9.17, 15) is 88.2 Å². The van der Waals surface area contributed by atoms with Crippen LogP contribution in [-0.4, -0.2) is 230 Å². The number of ether oxygens (including phenoxy) is 5. The molecule has 18 N–H and O–H groups in total. The molecule has 35 nitrogen and oxygen atoms in total. The number of nitrogens with one attached hydrogen (secondary N) is 10. The van der Waals surface area contributed by atoms with Crippen molar-refractivity contribution in [2.75, 3.05) is 101 Å². The number of imide groups is 1. The molecule has 13 atom stereocenters. The number of carbonyl (C=O) groups excluding carboxylic acids is 12. The fourth-order valence-electron chi connectivity index (χ4n) is 19.1. The van der Waals surface area contributed by atoms with E-state index in [1.807, 2.05) is 86.6 Å². The Bertz CT molecular complexity index is 4930. The molecule has 0 unspecified atom stereocenters. The predicted molar refractivity (Wildman–Crippen MR) is 487 cm³/mol. The van der Waals surface area contributed by atoms with Crippen LogP contribution in [0.1, 0.15) is 189 Å². The van der Waals surface area contributed by atoms with Gasteiger partial charge in [0, 0.05) is 74.4 Å². The number of urea groups is 1. The van der Waals surface area contributed by atoms with Gasteiger partial charge in [-0.05, 0) is 194 Å². The largest absolute Gasteiger partial charge is 0.508 e. The lowest BCUT2D eigenvalue weighted by Gasteiger charge is -2.56. The Morgan fingerprint density at radius 1 is 0.523 bits per heavy atom. The van der Waals surface area contributed by atoms with Gasteiger partial charge in [0.2, 0.25) is 59.1 Å². The second kappa shape index (κ2) is 48.8. The van der Waals surface area contributed by atoms with Crippen molar-refractivity contribution in [2.24, 2.45) is 34.3 Å². The first-order chi connectivity index (χ1) is 63.2. The average molecular weight is 1830 g/mol. The first-order valence-electron chi connectivity index (χ1n) is 45.7. The summed E-state index contributed by atoms with van der Waals surface area (Å²) in [6.45, 7) is 11.1. The van der Waals surface area contributed by atoms with Crippen LogP contribution in [0.5, 0.6) is 5.75 Å². The van der Waals surface area contributed by atoms with Crippen LogP contribution in [0.25, 0.3) is 0 Å². The summed E-state index contributed by atoms with van der Waals surface area (Å²) in [5.41, 5.74) is 11.2. The summed E-state index contributed by atoms with van der Waals surface area (Å²) < 4.78 is 27.8. The summed E-state index contributed by atoms with van der Waals surface area (Å²) in [6.07, 6.45) is 0.0511. The van der Waals surface area contributed by atoms with Crippen molar-refractivity contribution in [1.82, 2.24) is 42.5 Å². The predicted octanol–water partition coefficient (Wildman–Crippen LogP) is 5.14. The van der Waals surface area contributed by atoms with Gasteiger partial charge in [0.25, 0.3) is 0 Å². The number of aryl methyl sites for hydroxylation is 2. The smallest absolute Gasteiger partial charge is 0.408 e. The lowest BCUT2D eigenvalue weighted by Crippen LogP contribution is -2.60. The van der Waals surface area contributed by atoms with Gasteiger partial charge in [-0.25, -0.2) is 9.59 Å². The van der Waals surface area contributed by atoms with Gasteiger partial charge < -0.3 is 113 Å². The number of phenolic OH excluding ortho intramolecular Hbond substituents is 1. The monoisotopic (exact) mass is 1830 g/mol. The van der Waals surface area contributed by atoms with Gasteiger partial charge in [-0.3, -0.25) is 53.3 Å². The maximum absolute atomic E-state index is 14.9. The third-order valence-corrected chi connectivity index (χ3v) is 26.4. The number of aliphatic hydroxyl groups is 5. The molecule has 1 heterocycles. The molecule has 132 heavy (non-hydrogen) atoms. The topological polar surface area (TPSA) is 522 Å². The number of nitrogens with two attached hydrogens (primary N) is 1. The van der Waals surface area contributed by atoms with Crippen molar-refractivity contribution in [1.29, 1.82) is 0 Å². The molecule has 0 bridgehead atoms. The van der Waals surface area contributed by atoms with E-state index in [2.05, 4.69) is 78.9 Å². The summed E-state index contributed by atoms with van der Waals surface area (Å²) in [4.78, 5) is 166. The van der Waals surface area contributed by atoms with Crippen molar-refractivity contribution < 1.29 is 112 Å². The maximum Gasteiger partial charge on any atom is 0.408 e. The Labute approximate surface area is 769 Å². The first-order valence-corrected chi connectivity index (χ1v) is 45.7. The summed E-state index contributed by atoms with van der Waals surface area (Å²) in [7, 11) is 0. The number of para-hydroxylation sites is 1. The number of nitrogens with zero attached hydrogens (tertiary/aromatic N) is 1. The minimum absolute atomic E-state index is 0.00116. The number of aliphatic hydroxyl groups excluding tert-OH is 5. The van der Waals surface area contributed by atoms with Crippen molar-refractivity contribution in [3.05, 3.63) is 154 Å². The third kappa shape index (κ3) is 27.6. The number of hydrogen-bond donors (Lipinski definition) is 17. The highest BCUT2D eigenvalue weighted by Crippen LogP contribution is 2.60. The Morgan fingerprint density at radius 2 is 1.09 bits per heavy atom. The van der Waals surface area contributed by atoms with Gasteiger partial charge in [0.1, 0.15) is 42.6 Å². The van der Waals surface area contributed by atoms with Crippen LogP contribution in [0.4, 0.5) is 26.7 Å². The highest BCUT2D eigenvalue weighted by Gasteiger charge is 2.59. The number of alkyl carbamates (subject to hydrolysis) is 1. The number of fused-ring (bicyclic) bond motifs is 8. The SMILES string of the molecule is CC(C)[C@H](NC(=O)[C@@H](CCC(=O)NC[C@H](O)[C@@H](O)[C@H](O)CCO)NC(=O)CCOCCOCCOCCOCCNC(=O)CCC(=O)N1Cc2ccccc2C#Cc2ccccc21)C(=O)N[C@@H](CCCNC(N)=O)C(=O)Nc1ccc(COC(=O)N[C@@H](CO)C(=O)Nc2ccc3c(c2)[C@@]2(C)CCC[C@](C)(C(=O)NC(=O)[C@@]4(C)CCC[C@]5(C)c6cc(O)ccc6CC[C@@H]45)[C@@H]2CC3)cc1. The molecule has 0 spiro atoms. The van der Waals surface area contributed by atoms with Crippen LogP contribution in [-0.2, 0) is 108 Å². The van der Waals surface area contributed by atoms with E-state index in [0.29, 0.717) is 55.6 Å². The van der Waals surface area contributed by atoms with E-state index in [-0.39, 0.29) is 170 Å². The first kappa shape index (κ1) is 103. The van der Waals surface area contributed by atoms with E-state index < -0.39 is 138 Å². The molecular weight excluding hydrogens is 1700 g/mol. The maximum atomic E-state index is 14.9. The molecule has 5 aliphatic rings. The molecule has 1 aliphatic heterocycles. The summed E-state index contributed by atoms with van der Waals surface area (Å²) in [5.74, 6) is 0.0152. The minimum Gasteiger partial charge on any atom is -0.508 e. The number of primary amides is 1. The molecule has 2 fully saturated rings. The average Bonchev–Trinajstić information content (AvgIpc) is 0.718. The molecule has 10 rings (SSSR count). The molecule has 5 aromatic carbocycles. The van der Waals surface area contributed by atoms with Gasteiger partial charge in [-0.1, -0.05) is 121 Å². The number of hydrogen-bond acceptors (Lipinski definition) is 23. The zero-order chi connectivity index (χ0) is 95.3. The normalized spacial score (nSPS) is 20.8. The van der Waals surface area contributed by atoms with Gasteiger partial charge in [-0.2, -0.15) is 0 Å². The van der Waals surface area contributed by atoms with E-state index in [0.717, 1.165) is 65.5 Å². The van der Waals surface area contributed by atoms with Crippen LogP contribution >= 0.6 is 0 Å². The van der Waals surface area contributed by atoms with E-state index in [4.69, 9.17) is 29.4 Å². The molecule has 2 saturated carbocycles. The summed E-state index contributed by atoms with van der Waals surface area (Å²) in [5, 5.41) is 87.5. The molecule has 4 aliphatic carbocycles. The molecule has 716 valence electrons. The van der Waals surface area contributed by atoms with E-state index in [1.54, 1.807) is 30.9 Å². The fourth-order valence-corrected chi connectivity index (χ4v) is 19.1. The van der Waals surface area contributed by atoms with Gasteiger partial charge >= 0.3 is 12.1 Å². The summed E-state index contributed by atoms with van der Waals surface area (Å²) >= 11 is 0. The zero-order valence-electron chi connectivity index (χ0n) is 76.1. The Balaban J connectivity index is 0.653. The van der Waals surface area contributed by atoms with Crippen LogP contribution in [0.15, 0.2) is 109 Å². The third-order valence-electron chi connectivity index (χ3n) is 26.4. The van der Waals surface area contributed by atoms with Gasteiger partial charge in [0.05, 0.1) is 94.7 Å². The second-order valence-corrected chi connectivity index (χ2v) is 36.0. The second-order valence-electron chi connectivity index (χ2n) is 36.0. The highest BCUT2D eigenvalue weighted by atomic mass is 16.6. The van der Waals surface area contributed by atoms with Crippen LogP contribution < -0.4 is 63.8 Å². The number of amides is 13. The van der Waals surface area contributed by atoms with Crippen molar-refractivity contribution in [2.45, 2.75) is 224 Å². The number of phenols is 1. The Kier molecular flexibility index (Phi) is 37.9. The highest BCUT2D eigenvalue weighted by molar-refractivity contribution is 6.02. The molecule has 5 aromatic rings. The van der Waals surface area contributed by atoms with Gasteiger partial charge in [0.15, 0.2) is 0 Å². The van der Waals surface area contributed by atoms with Crippen LogP contribution in [0, 0.1) is 40.4 Å². The van der Waals surface area contributed by atoms with Gasteiger partial charge in [-0.15, -0.1) is 0 Å². The fraction of sp³-hybridized carbons (Fsp3) is 0.546. The Hall–Kier alpha value is -11.5. The molecule has 13 amide bonds. The van der Waals surface area contributed by atoms with Crippen LogP contribution in [0.3, 0.4) is 0 Å². The summed E-state index contributed by atoms with van der Waals surface area (Å²) in [6, 6.07) is 25.8. The van der Waals surface area contributed by atoms with Crippen molar-refractivity contribution >= 4 is 88.3 Å². The molecule has 0 radical (unpaired) electrons. The van der Waals surface area contributed by atoms with Crippen molar-refractivity contribution in [3.8, 4) is 17.6 Å². The number of rotatable bonds is 47. The molecule has 0 saturated heterocycles. The standard InChI is InChI=1S/C97H130N12O23/c1-60(2)84(107-87(121)73(31-34-81(116)101-56-77(114)85(119)76(113)37-45-110)104-82(117)38-46-128-48-50-130-52-53-131-51-49-129-47-44-99-80(115)35-36-83(118)109-57-66-16-8-7-14-62(66)21-22-65-15-9-10-18-75(65)109)89(123)105-72(17-11-43-100-92(98)126)86(120)102-67-27-19-61(20-28-67)59-132-93(127)106-74(58-111)88(122)103-68-29-23-63-25-32-78-94(3,70(63)54-68)39-12-41-96(78,5)90(124)108-91(125)97(6)42-13-40-95(4)71-55-69(112)30-24-64(71)26-33-79(95)97/h7-10,14-16,18-20,23-24,27-30,54-55,60,72-74,76-79,84-85,110-114,119H,11-13,17,25-26,31-53,56-59H2,1-6H3,(H,99,115)(H,101,116)(H,102,120)(H,103,122)(H,104,117)(H,105,123)(H,106,127)(H,107,121)(H3,98,100,126)(H,108,124,125)/t72-,73+,74-,76+,77-,78+,79+,84-,85-,94+,95+,96-,97-/m0/s1. The van der Waals surface area contributed by atoms with Crippen LogP contribution in [0.2, 0.25) is 0 Å². The number of carbonyl (C=O) groups is 12.